The van der Waals surface area contributed by atoms with Crippen molar-refractivity contribution in [3.05, 3.63) is 11.6 Å². The lowest BCUT2D eigenvalue weighted by Gasteiger charge is -2.02. The van der Waals surface area contributed by atoms with Crippen molar-refractivity contribution < 1.29 is 24.5 Å². The Kier molecular flexibility index (Phi) is 9.05. The van der Waals surface area contributed by atoms with Crippen LogP contribution >= 0.6 is 0 Å². The number of carbonyl (C=O) groups is 2. The molecule has 0 unspecified atom stereocenters. The molecule has 5 heteroatoms. The van der Waals surface area contributed by atoms with Crippen LogP contribution in [-0.2, 0) is 14.3 Å². The van der Waals surface area contributed by atoms with Crippen LogP contribution in [0.5, 0.6) is 0 Å². The normalized spacial score (nSPS) is 11.3. The van der Waals surface area contributed by atoms with Crippen LogP contribution in [-0.4, -0.2) is 35.4 Å². The zero-order valence-electron chi connectivity index (χ0n) is 10.1. The van der Waals surface area contributed by atoms with E-state index in [-0.39, 0.29) is 24.8 Å². The highest BCUT2D eigenvalue weighted by molar-refractivity contribution is 5.85. The topological polar surface area (TPSA) is 83.8 Å². The van der Waals surface area contributed by atoms with Crippen molar-refractivity contribution in [2.45, 2.75) is 39.0 Å². The number of rotatable bonds is 9. The van der Waals surface area contributed by atoms with Crippen LogP contribution in [0.1, 0.15) is 39.0 Å². The number of aliphatic hydroxyl groups excluding tert-OH is 1. The maximum absolute atomic E-state index is 11.2. The Bertz CT molecular complexity index is 270. The summed E-state index contributed by atoms with van der Waals surface area (Å²) in [5, 5.41) is 17.1. The number of aliphatic hydroxyl groups is 1. The molecule has 5 nitrogen and oxygen atoms in total. The van der Waals surface area contributed by atoms with Gasteiger partial charge < -0.3 is 14.9 Å². The Labute approximate surface area is 101 Å². The summed E-state index contributed by atoms with van der Waals surface area (Å²) in [4.78, 5) is 21.6. The fourth-order valence-electron chi connectivity index (χ4n) is 1.17. The largest absolute Gasteiger partial charge is 0.478 e. The molecule has 2 N–H and O–H groups in total. The van der Waals surface area contributed by atoms with Gasteiger partial charge in [0, 0.05) is 25.0 Å². The second-order valence-electron chi connectivity index (χ2n) is 3.74. The summed E-state index contributed by atoms with van der Waals surface area (Å²) >= 11 is 0. The van der Waals surface area contributed by atoms with E-state index in [1.54, 1.807) is 0 Å². The Morgan fingerprint density at radius 3 is 2.53 bits per heavy atom. The molecule has 0 aliphatic rings. The predicted octanol–water partition coefficient (Wildman–Crippen LogP) is 1.50. The van der Waals surface area contributed by atoms with Gasteiger partial charge >= 0.3 is 11.9 Å². The third kappa shape index (κ3) is 9.56. The molecule has 0 spiro atoms. The Morgan fingerprint density at radius 1 is 1.24 bits per heavy atom. The van der Waals surface area contributed by atoms with Gasteiger partial charge in [-0.05, 0) is 19.8 Å². The standard InChI is InChI=1S/C12H20O5/c1-10(12(15)16)6-5-9-17-11(14)7-3-2-4-8-13/h6,13H,2-5,7-9H2,1H3,(H,15,16). The summed E-state index contributed by atoms with van der Waals surface area (Å²) in [6.45, 7) is 1.86. The SMILES string of the molecule is CC(=CCCOC(=O)CCCCCO)C(=O)O. The van der Waals surface area contributed by atoms with Gasteiger partial charge in [-0.3, -0.25) is 4.79 Å². The van der Waals surface area contributed by atoms with Gasteiger partial charge in [0.25, 0.3) is 0 Å². The number of esters is 1. The summed E-state index contributed by atoms with van der Waals surface area (Å²) in [6.07, 6.45) is 4.52. The lowest BCUT2D eigenvalue weighted by Crippen LogP contribution is -2.05. The zero-order valence-corrected chi connectivity index (χ0v) is 10.1. The number of carbonyl (C=O) groups excluding carboxylic acids is 1. The van der Waals surface area contributed by atoms with Crippen LogP contribution in [0.2, 0.25) is 0 Å². The van der Waals surface area contributed by atoms with Crippen LogP contribution in [0.25, 0.3) is 0 Å². The number of carboxylic acid groups (broad SMARTS) is 1. The molecule has 0 radical (unpaired) electrons. The Morgan fingerprint density at radius 2 is 1.94 bits per heavy atom. The first-order chi connectivity index (χ1) is 8.07. The van der Waals surface area contributed by atoms with E-state index in [9.17, 15) is 9.59 Å². The molecule has 0 saturated carbocycles. The molecule has 0 bridgehead atoms. The first-order valence-corrected chi connectivity index (χ1v) is 5.74. The maximum atomic E-state index is 11.2. The van der Waals surface area contributed by atoms with Gasteiger partial charge in [-0.25, -0.2) is 4.79 Å². The minimum atomic E-state index is -0.958. The molecule has 0 aromatic rings. The second kappa shape index (κ2) is 9.84. The minimum Gasteiger partial charge on any atom is -0.478 e. The summed E-state index contributed by atoms with van der Waals surface area (Å²) in [7, 11) is 0. The van der Waals surface area contributed by atoms with Gasteiger partial charge in [-0.2, -0.15) is 0 Å². The third-order valence-corrected chi connectivity index (χ3v) is 2.21. The number of unbranched alkanes of at least 4 members (excludes halogenated alkanes) is 2. The van der Waals surface area contributed by atoms with Gasteiger partial charge in [0.1, 0.15) is 0 Å². The zero-order chi connectivity index (χ0) is 13.1. The number of hydrogen-bond donors (Lipinski definition) is 2. The lowest BCUT2D eigenvalue weighted by molar-refractivity contribution is -0.143. The van der Waals surface area contributed by atoms with Gasteiger partial charge in [-0.15, -0.1) is 0 Å². The number of hydrogen-bond acceptors (Lipinski definition) is 4. The van der Waals surface area contributed by atoms with Gasteiger partial charge in [0.05, 0.1) is 6.61 Å². The first-order valence-electron chi connectivity index (χ1n) is 5.74. The van der Waals surface area contributed by atoms with E-state index in [2.05, 4.69) is 0 Å². The molecular formula is C12H20O5. The van der Waals surface area contributed by atoms with E-state index < -0.39 is 5.97 Å². The lowest BCUT2D eigenvalue weighted by atomic mass is 10.2. The molecule has 0 aliphatic carbocycles. The molecule has 98 valence electrons. The Hall–Kier alpha value is -1.36. The minimum absolute atomic E-state index is 0.147. The summed E-state index contributed by atoms with van der Waals surface area (Å²) in [5.74, 6) is -1.23. The van der Waals surface area contributed by atoms with E-state index in [1.807, 2.05) is 0 Å². The third-order valence-electron chi connectivity index (χ3n) is 2.21. The smallest absolute Gasteiger partial charge is 0.330 e. The molecule has 0 aromatic carbocycles. The molecule has 0 rings (SSSR count). The van der Waals surface area contributed by atoms with Crippen LogP contribution in [0.15, 0.2) is 11.6 Å². The molecule has 0 saturated heterocycles. The van der Waals surface area contributed by atoms with Crippen LogP contribution in [0, 0.1) is 0 Å². The second-order valence-corrected chi connectivity index (χ2v) is 3.74. The van der Waals surface area contributed by atoms with Crippen LogP contribution in [0.4, 0.5) is 0 Å². The molecule has 0 aliphatic heterocycles. The van der Waals surface area contributed by atoms with Crippen molar-refractivity contribution in [2.24, 2.45) is 0 Å². The summed E-state index contributed by atoms with van der Waals surface area (Å²) in [5.41, 5.74) is 0.254. The van der Waals surface area contributed by atoms with E-state index in [0.717, 1.165) is 6.42 Å². The van der Waals surface area contributed by atoms with E-state index in [4.69, 9.17) is 14.9 Å². The summed E-state index contributed by atoms with van der Waals surface area (Å²) in [6, 6.07) is 0. The molecule has 17 heavy (non-hydrogen) atoms. The van der Waals surface area contributed by atoms with Crippen molar-refractivity contribution in [1.82, 2.24) is 0 Å². The summed E-state index contributed by atoms with van der Waals surface area (Å²) < 4.78 is 4.91. The van der Waals surface area contributed by atoms with Crippen molar-refractivity contribution in [2.75, 3.05) is 13.2 Å². The highest BCUT2D eigenvalue weighted by atomic mass is 16.5. The van der Waals surface area contributed by atoms with E-state index in [0.29, 0.717) is 25.7 Å². The Balaban J connectivity index is 3.51. The van der Waals surface area contributed by atoms with Crippen molar-refractivity contribution >= 4 is 11.9 Å². The molecule has 0 fully saturated rings. The van der Waals surface area contributed by atoms with Crippen molar-refractivity contribution in [3.8, 4) is 0 Å². The maximum Gasteiger partial charge on any atom is 0.330 e. The molecular weight excluding hydrogens is 224 g/mol. The number of ether oxygens (including phenoxy) is 1. The fraction of sp³-hybridized carbons (Fsp3) is 0.667. The molecule has 0 amide bonds. The van der Waals surface area contributed by atoms with Crippen LogP contribution in [0.3, 0.4) is 0 Å². The molecule has 0 atom stereocenters. The quantitative estimate of drug-likeness (QED) is 0.365. The highest BCUT2D eigenvalue weighted by Gasteiger charge is 2.02. The van der Waals surface area contributed by atoms with Crippen molar-refractivity contribution in [3.63, 3.8) is 0 Å². The fourth-order valence-corrected chi connectivity index (χ4v) is 1.17. The van der Waals surface area contributed by atoms with E-state index >= 15 is 0 Å². The van der Waals surface area contributed by atoms with E-state index in [1.165, 1.54) is 13.0 Å². The average molecular weight is 244 g/mol. The van der Waals surface area contributed by atoms with Gasteiger partial charge in [0.15, 0.2) is 0 Å². The van der Waals surface area contributed by atoms with Crippen LogP contribution < -0.4 is 0 Å². The molecule has 0 heterocycles. The number of aliphatic carboxylic acids is 1. The highest BCUT2D eigenvalue weighted by Crippen LogP contribution is 2.02. The number of carboxylic acids is 1. The predicted molar refractivity (Wildman–Crippen MR) is 62.5 cm³/mol. The van der Waals surface area contributed by atoms with Gasteiger partial charge in [0.2, 0.25) is 0 Å². The monoisotopic (exact) mass is 244 g/mol. The first kappa shape index (κ1) is 15.6. The van der Waals surface area contributed by atoms with Crippen molar-refractivity contribution in [1.29, 1.82) is 0 Å². The van der Waals surface area contributed by atoms with Gasteiger partial charge in [-0.1, -0.05) is 12.5 Å². The average Bonchev–Trinajstić information content (AvgIpc) is 2.29. The molecule has 0 aromatic heterocycles.